The van der Waals surface area contributed by atoms with E-state index in [9.17, 15) is 0 Å². The van der Waals surface area contributed by atoms with E-state index in [0.29, 0.717) is 12.1 Å². The third-order valence-corrected chi connectivity index (χ3v) is 3.75. The molecule has 2 aliphatic rings. The normalized spacial score (nSPS) is 24.7. The fourth-order valence-corrected chi connectivity index (χ4v) is 2.52. The number of aliphatic imine (C=N–C) groups is 1. The highest BCUT2D eigenvalue weighted by Gasteiger charge is 2.38. The van der Waals surface area contributed by atoms with E-state index in [1.54, 1.807) is 0 Å². The first kappa shape index (κ1) is 10.1. The van der Waals surface area contributed by atoms with Crippen LogP contribution in [0.1, 0.15) is 24.4 Å². The monoisotopic (exact) mass is 279 g/mol. The summed E-state index contributed by atoms with van der Waals surface area (Å²) in [6, 6.07) is 9.43. The van der Waals surface area contributed by atoms with Gasteiger partial charge in [-0.15, -0.1) is 0 Å². The standard InChI is InChI=1S/C12H14BrN3/c13-9-3-1-8(2-4-9)11-7-15-12(14)16(11)10-5-6-10/h1-4,10-11H,5-7H2,(H2,14,15). The smallest absolute Gasteiger partial charge is 0.192 e. The van der Waals surface area contributed by atoms with Crippen LogP contribution in [0.3, 0.4) is 0 Å². The molecule has 0 aromatic heterocycles. The quantitative estimate of drug-likeness (QED) is 0.903. The Hall–Kier alpha value is -1.03. The van der Waals surface area contributed by atoms with Crippen LogP contribution in [-0.4, -0.2) is 23.4 Å². The van der Waals surface area contributed by atoms with Gasteiger partial charge in [-0.05, 0) is 30.5 Å². The Balaban J connectivity index is 1.87. The van der Waals surface area contributed by atoms with E-state index in [-0.39, 0.29) is 0 Å². The summed E-state index contributed by atoms with van der Waals surface area (Å²) < 4.78 is 1.11. The first-order valence-electron chi connectivity index (χ1n) is 5.59. The minimum absolute atomic E-state index is 0.348. The van der Waals surface area contributed by atoms with Crippen molar-refractivity contribution in [3.05, 3.63) is 34.3 Å². The number of hydrogen-bond donors (Lipinski definition) is 1. The van der Waals surface area contributed by atoms with Crippen molar-refractivity contribution in [2.24, 2.45) is 10.7 Å². The lowest BCUT2D eigenvalue weighted by atomic mass is 10.1. The molecule has 1 aromatic rings. The van der Waals surface area contributed by atoms with Gasteiger partial charge in [-0.2, -0.15) is 0 Å². The molecule has 4 heteroatoms. The van der Waals surface area contributed by atoms with E-state index in [4.69, 9.17) is 5.73 Å². The number of halogens is 1. The zero-order chi connectivity index (χ0) is 11.1. The highest BCUT2D eigenvalue weighted by molar-refractivity contribution is 9.10. The second kappa shape index (κ2) is 3.77. The summed E-state index contributed by atoms with van der Waals surface area (Å²) in [6.45, 7) is 0.796. The lowest BCUT2D eigenvalue weighted by Crippen LogP contribution is -2.37. The zero-order valence-corrected chi connectivity index (χ0v) is 10.5. The van der Waals surface area contributed by atoms with Crippen molar-refractivity contribution in [1.82, 2.24) is 4.90 Å². The minimum atomic E-state index is 0.348. The molecule has 1 aliphatic heterocycles. The molecule has 1 aromatic carbocycles. The first-order chi connectivity index (χ1) is 7.75. The largest absolute Gasteiger partial charge is 0.370 e. The summed E-state index contributed by atoms with van der Waals surface area (Å²) in [6.07, 6.45) is 2.51. The van der Waals surface area contributed by atoms with Gasteiger partial charge < -0.3 is 10.6 Å². The fourth-order valence-electron chi connectivity index (χ4n) is 2.25. The topological polar surface area (TPSA) is 41.6 Å². The SMILES string of the molecule is NC1=NCC(c2ccc(Br)cc2)N1C1CC1. The van der Waals surface area contributed by atoms with Crippen LogP contribution in [0.15, 0.2) is 33.7 Å². The molecule has 0 radical (unpaired) electrons. The predicted octanol–water partition coefficient (Wildman–Crippen LogP) is 2.28. The van der Waals surface area contributed by atoms with E-state index in [0.717, 1.165) is 17.0 Å². The molecule has 3 rings (SSSR count). The fraction of sp³-hybridized carbons (Fsp3) is 0.417. The lowest BCUT2D eigenvalue weighted by molar-refractivity contribution is 0.338. The number of hydrogen-bond acceptors (Lipinski definition) is 3. The molecule has 2 N–H and O–H groups in total. The van der Waals surface area contributed by atoms with E-state index < -0.39 is 0 Å². The maximum Gasteiger partial charge on any atom is 0.192 e. The average Bonchev–Trinajstić information content (AvgIpc) is 3.04. The van der Waals surface area contributed by atoms with Crippen LogP contribution in [0.4, 0.5) is 0 Å². The Morgan fingerprint density at radius 2 is 1.94 bits per heavy atom. The summed E-state index contributed by atoms with van der Waals surface area (Å²) in [5.41, 5.74) is 7.25. The van der Waals surface area contributed by atoms with Crippen LogP contribution in [0.25, 0.3) is 0 Å². The Kier molecular flexibility index (Phi) is 2.39. The van der Waals surface area contributed by atoms with Gasteiger partial charge in [-0.1, -0.05) is 28.1 Å². The van der Waals surface area contributed by atoms with Gasteiger partial charge in [0.2, 0.25) is 0 Å². The number of benzene rings is 1. The van der Waals surface area contributed by atoms with Gasteiger partial charge >= 0.3 is 0 Å². The summed E-state index contributed by atoms with van der Waals surface area (Å²) in [7, 11) is 0. The number of nitrogens with zero attached hydrogens (tertiary/aromatic N) is 2. The summed E-state index contributed by atoms with van der Waals surface area (Å²) in [5.74, 6) is 0.718. The maximum absolute atomic E-state index is 5.94. The van der Waals surface area contributed by atoms with Gasteiger partial charge in [0.25, 0.3) is 0 Å². The molecule has 1 unspecified atom stereocenters. The number of nitrogens with two attached hydrogens (primary N) is 1. The molecule has 1 atom stereocenters. The van der Waals surface area contributed by atoms with Gasteiger partial charge in [-0.3, -0.25) is 4.99 Å². The molecule has 16 heavy (non-hydrogen) atoms. The Morgan fingerprint density at radius 1 is 1.25 bits per heavy atom. The maximum atomic E-state index is 5.94. The summed E-state index contributed by atoms with van der Waals surface area (Å²) in [4.78, 5) is 6.65. The zero-order valence-electron chi connectivity index (χ0n) is 8.94. The number of guanidine groups is 1. The van der Waals surface area contributed by atoms with E-state index in [1.807, 2.05) is 0 Å². The molecule has 84 valence electrons. The molecule has 1 saturated carbocycles. The molecule has 3 nitrogen and oxygen atoms in total. The molecule has 1 heterocycles. The minimum Gasteiger partial charge on any atom is -0.370 e. The third-order valence-electron chi connectivity index (χ3n) is 3.22. The van der Waals surface area contributed by atoms with Crippen LogP contribution in [0, 0.1) is 0 Å². The van der Waals surface area contributed by atoms with Crippen molar-refractivity contribution >= 4 is 21.9 Å². The van der Waals surface area contributed by atoms with E-state index in [2.05, 4.69) is 50.1 Å². The highest BCUT2D eigenvalue weighted by atomic mass is 79.9. The molecule has 1 aliphatic carbocycles. The molecule has 0 bridgehead atoms. The van der Waals surface area contributed by atoms with Crippen molar-refractivity contribution in [1.29, 1.82) is 0 Å². The van der Waals surface area contributed by atoms with Gasteiger partial charge in [0, 0.05) is 10.5 Å². The van der Waals surface area contributed by atoms with Gasteiger partial charge in [0.1, 0.15) is 0 Å². The second-order valence-electron chi connectivity index (χ2n) is 4.40. The Bertz CT molecular complexity index is 422. The molecule has 0 amide bonds. The van der Waals surface area contributed by atoms with Crippen LogP contribution in [0.5, 0.6) is 0 Å². The van der Waals surface area contributed by atoms with Crippen LogP contribution in [-0.2, 0) is 0 Å². The Labute approximate surface area is 103 Å². The van der Waals surface area contributed by atoms with Crippen molar-refractivity contribution < 1.29 is 0 Å². The van der Waals surface area contributed by atoms with Crippen molar-refractivity contribution in [2.45, 2.75) is 24.9 Å². The van der Waals surface area contributed by atoms with E-state index >= 15 is 0 Å². The molecule has 1 fully saturated rings. The van der Waals surface area contributed by atoms with Crippen molar-refractivity contribution in [2.75, 3.05) is 6.54 Å². The molecule has 0 saturated heterocycles. The summed E-state index contributed by atoms with van der Waals surface area (Å²) >= 11 is 3.46. The highest BCUT2D eigenvalue weighted by Crippen LogP contribution is 2.37. The first-order valence-corrected chi connectivity index (χ1v) is 6.39. The lowest BCUT2D eigenvalue weighted by Gasteiger charge is -2.26. The van der Waals surface area contributed by atoms with Gasteiger partial charge in [0.15, 0.2) is 5.96 Å². The van der Waals surface area contributed by atoms with Crippen LogP contribution >= 0.6 is 15.9 Å². The number of rotatable bonds is 2. The third kappa shape index (κ3) is 1.71. The van der Waals surface area contributed by atoms with Crippen molar-refractivity contribution in [3.63, 3.8) is 0 Å². The Morgan fingerprint density at radius 3 is 2.56 bits per heavy atom. The van der Waals surface area contributed by atoms with Crippen LogP contribution in [0.2, 0.25) is 0 Å². The molecule has 0 spiro atoms. The van der Waals surface area contributed by atoms with Gasteiger partial charge in [0.05, 0.1) is 12.6 Å². The van der Waals surface area contributed by atoms with E-state index in [1.165, 1.54) is 18.4 Å². The van der Waals surface area contributed by atoms with Gasteiger partial charge in [-0.25, -0.2) is 0 Å². The average molecular weight is 280 g/mol. The van der Waals surface area contributed by atoms with Crippen LogP contribution < -0.4 is 5.73 Å². The second-order valence-corrected chi connectivity index (χ2v) is 5.32. The van der Waals surface area contributed by atoms with Crippen molar-refractivity contribution in [3.8, 4) is 0 Å². The predicted molar refractivity (Wildman–Crippen MR) is 68.2 cm³/mol. The molecular weight excluding hydrogens is 266 g/mol. The molecular formula is C12H14BrN3. The summed E-state index contributed by atoms with van der Waals surface area (Å²) in [5, 5.41) is 0.